The van der Waals surface area contributed by atoms with E-state index in [4.69, 9.17) is 5.11 Å². The van der Waals surface area contributed by atoms with E-state index < -0.39 is 5.97 Å². The number of carbonyl (C=O) groups is 1. The highest BCUT2D eigenvalue weighted by Crippen LogP contribution is 2.30. The Labute approximate surface area is 117 Å². The number of rotatable bonds is 3. The number of anilines is 2. The maximum Gasteiger partial charge on any atom is 0.338 e. The van der Waals surface area contributed by atoms with Crippen molar-refractivity contribution >= 4 is 17.6 Å². The molecule has 5 heteroatoms. The number of nitrogens with zero attached hydrogens (tertiary/aromatic N) is 2. The molecule has 5 nitrogen and oxygen atoms in total. The van der Waals surface area contributed by atoms with E-state index in [0.717, 1.165) is 11.3 Å². The molecule has 0 aliphatic rings. The highest BCUT2D eigenvalue weighted by atomic mass is 16.4. The Kier molecular flexibility index (Phi) is 3.70. The summed E-state index contributed by atoms with van der Waals surface area (Å²) in [6.07, 6.45) is 2.58. The van der Waals surface area contributed by atoms with Gasteiger partial charge in [-0.25, -0.2) is 14.8 Å². The van der Waals surface area contributed by atoms with Crippen LogP contribution in [0.25, 0.3) is 0 Å². The number of hydrogen-bond acceptors (Lipinski definition) is 4. The van der Waals surface area contributed by atoms with Crippen LogP contribution in [0.1, 0.15) is 36.7 Å². The van der Waals surface area contributed by atoms with E-state index in [1.54, 1.807) is 0 Å². The molecule has 0 saturated carbocycles. The van der Waals surface area contributed by atoms with E-state index in [0.29, 0.717) is 5.95 Å². The number of nitrogens with one attached hydrogen (secondary N) is 1. The quantitative estimate of drug-likeness (QED) is 0.896. The SMILES string of the molecule is CC(C)(C)c1ccccc1Nc1ncc(C(=O)O)cn1. The Bertz CT molecular complexity index is 616. The van der Waals surface area contributed by atoms with Gasteiger partial charge in [0.2, 0.25) is 5.95 Å². The lowest BCUT2D eigenvalue weighted by Crippen LogP contribution is -2.14. The van der Waals surface area contributed by atoms with Gasteiger partial charge in [-0.15, -0.1) is 0 Å². The maximum atomic E-state index is 10.8. The zero-order chi connectivity index (χ0) is 14.8. The van der Waals surface area contributed by atoms with Crippen molar-refractivity contribution in [2.45, 2.75) is 26.2 Å². The third-order valence-electron chi connectivity index (χ3n) is 2.88. The lowest BCUT2D eigenvalue weighted by atomic mass is 9.86. The Hall–Kier alpha value is -2.43. The maximum absolute atomic E-state index is 10.8. The second-order valence-corrected chi connectivity index (χ2v) is 5.52. The van der Waals surface area contributed by atoms with Gasteiger partial charge in [-0.2, -0.15) is 0 Å². The number of hydrogen-bond donors (Lipinski definition) is 2. The largest absolute Gasteiger partial charge is 0.478 e. The van der Waals surface area contributed by atoms with Gasteiger partial charge < -0.3 is 10.4 Å². The molecule has 0 saturated heterocycles. The van der Waals surface area contributed by atoms with Gasteiger partial charge in [-0.3, -0.25) is 0 Å². The molecule has 0 amide bonds. The third-order valence-corrected chi connectivity index (χ3v) is 2.88. The zero-order valence-corrected chi connectivity index (χ0v) is 11.7. The summed E-state index contributed by atoms with van der Waals surface area (Å²) in [4.78, 5) is 18.8. The van der Waals surface area contributed by atoms with E-state index in [-0.39, 0.29) is 11.0 Å². The molecule has 1 heterocycles. The lowest BCUT2D eigenvalue weighted by molar-refractivity contribution is 0.0696. The number of para-hydroxylation sites is 1. The zero-order valence-electron chi connectivity index (χ0n) is 11.7. The number of aromatic nitrogens is 2. The van der Waals surface area contributed by atoms with Crippen LogP contribution in [0.5, 0.6) is 0 Å². The van der Waals surface area contributed by atoms with Crippen LogP contribution in [0.4, 0.5) is 11.6 Å². The summed E-state index contributed by atoms with van der Waals surface area (Å²) >= 11 is 0. The minimum Gasteiger partial charge on any atom is -0.478 e. The summed E-state index contributed by atoms with van der Waals surface area (Å²) in [5.74, 6) is -0.654. The van der Waals surface area contributed by atoms with Crippen molar-refractivity contribution in [2.24, 2.45) is 0 Å². The Morgan fingerprint density at radius 2 is 1.75 bits per heavy atom. The summed E-state index contributed by atoms with van der Waals surface area (Å²) in [6.45, 7) is 6.38. The molecule has 0 spiro atoms. The van der Waals surface area contributed by atoms with Gasteiger partial charge >= 0.3 is 5.97 Å². The van der Waals surface area contributed by atoms with Crippen molar-refractivity contribution in [3.63, 3.8) is 0 Å². The molecule has 0 radical (unpaired) electrons. The standard InChI is InChI=1S/C15H17N3O2/c1-15(2,3)11-6-4-5-7-12(11)18-14-16-8-10(9-17-14)13(19)20/h4-9H,1-3H3,(H,19,20)(H,16,17,18). The second kappa shape index (κ2) is 5.28. The van der Waals surface area contributed by atoms with Gasteiger partial charge in [-0.1, -0.05) is 39.0 Å². The molecule has 2 rings (SSSR count). The van der Waals surface area contributed by atoms with E-state index in [1.807, 2.05) is 24.3 Å². The van der Waals surface area contributed by atoms with Gasteiger partial charge in [0, 0.05) is 18.1 Å². The third kappa shape index (κ3) is 3.12. The molecule has 1 aromatic heterocycles. The van der Waals surface area contributed by atoms with Crippen molar-refractivity contribution in [3.8, 4) is 0 Å². The molecule has 1 aromatic carbocycles. The van der Waals surface area contributed by atoms with Crippen LogP contribution in [-0.2, 0) is 5.41 Å². The fourth-order valence-corrected chi connectivity index (χ4v) is 1.87. The van der Waals surface area contributed by atoms with Crippen LogP contribution in [-0.4, -0.2) is 21.0 Å². The second-order valence-electron chi connectivity index (χ2n) is 5.52. The normalized spacial score (nSPS) is 11.2. The first-order valence-corrected chi connectivity index (χ1v) is 6.30. The predicted octanol–water partition coefficient (Wildman–Crippen LogP) is 3.22. The molecular weight excluding hydrogens is 254 g/mol. The van der Waals surface area contributed by atoms with Crippen LogP contribution in [0.15, 0.2) is 36.7 Å². The average molecular weight is 271 g/mol. The monoisotopic (exact) mass is 271 g/mol. The van der Waals surface area contributed by atoms with Crippen molar-refractivity contribution in [1.82, 2.24) is 9.97 Å². The van der Waals surface area contributed by atoms with Crippen LogP contribution in [0.3, 0.4) is 0 Å². The molecule has 0 unspecified atom stereocenters. The molecule has 0 atom stereocenters. The van der Waals surface area contributed by atoms with Crippen molar-refractivity contribution in [3.05, 3.63) is 47.8 Å². The Morgan fingerprint density at radius 3 is 2.30 bits per heavy atom. The van der Waals surface area contributed by atoms with Gasteiger partial charge in [-0.05, 0) is 17.0 Å². The predicted molar refractivity (Wildman–Crippen MR) is 77.4 cm³/mol. The minimum absolute atomic E-state index is 0.00933. The number of aromatic carboxylic acids is 1. The van der Waals surface area contributed by atoms with Crippen molar-refractivity contribution in [1.29, 1.82) is 0 Å². The van der Waals surface area contributed by atoms with E-state index in [9.17, 15) is 4.79 Å². The minimum atomic E-state index is -1.04. The summed E-state index contributed by atoms with van der Waals surface area (Å²) in [5, 5.41) is 11.9. The van der Waals surface area contributed by atoms with Crippen LogP contribution in [0.2, 0.25) is 0 Å². The molecule has 104 valence electrons. The summed E-state index contributed by atoms with van der Waals surface area (Å²) in [7, 11) is 0. The van der Waals surface area contributed by atoms with Gasteiger partial charge in [0.1, 0.15) is 0 Å². The molecule has 0 aliphatic carbocycles. The van der Waals surface area contributed by atoms with Crippen molar-refractivity contribution < 1.29 is 9.90 Å². The van der Waals surface area contributed by atoms with Crippen LogP contribution < -0.4 is 5.32 Å². The number of carboxylic acids is 1. The van der Waals surface area contributed by atoms with Gasteiger partial charge in [0.25, 0.3) is 0 Å². The summed E-state index contributed by atoms with van der Waals surface area (Å²) in [6, 6.07) is 7.92. The average Bonchev–Trinajstić information content (AvgIpc) is 2.38. The van der Waals surface area contributed by atoms with E-state index >= 15 is 0 Å². The molecular formula is C15H17N3O2. The highest BCUT2D eigenvalue weighted by Gasteiger charge is 2.17. The fraction of sp³-hybridized carbons (Fsp3) is 0.267. The highest BCUT2D eigenvalue weighted by molar-refractivity contribution is 5.86. The fourth-order valence-electron chi connectivity index (χ4n) is 1.87. The molecule has 2 aromatic rings. The first kappa shape index (κ1) is 14.0. The molecule has 0 bridgehead atoms. The summed E-state index contributed by atoms with van der Waals surface area (Å²) < 4.78 is 0. The van der Waals surface area contributed by atoms with Crippen LogP contribution in [0, 0.1) is 0 Å². The molecule has 0 aliphatic heterocycles. The summed E-state index contributed by atoms with van der Waals surface area (Å²) in [5.41, 5.74) is 2.12. The number of carboxylic acid groups (broad SMARTS) is 1. The van der Waals surface area contributed by atoms with E-state index in [2.05, 4.69) is 36.1 Å². The Balaban J connectivity index is 2.28. The first-order valence-electron chi connectivity index (χ1n) is 6.30. The van der Waals surface area contributed by atoms with Crippen LogP contribution >= 0.6 is 0 Å². The first-order chi connectivity index (χ1) is 9.38. The molecule has 20 heavy (non-hydrogen) atoms. The van der Waals surface area contributed by atoms with Gasteiger partial charge in [0.05, 0.1) is 5.56 Å². The Morgan fingerprint density at radius 1 is 1.15 bits per heavy atom. The van der Waals surface area contributed by atoms with E-state index in [1.165, 1.54) is 12.4 Å². The smallest absolute Gasteiger partial charge is 0.338 e. The topological polar surface area (TPSA) is 75.1 Å². The lowest BCUT2D eigenvalue weighted by Gasteiger charge is -2.22. The molecule has 2 N–H and O–H groups in total. The van der Waals surface area contributed by atoms with Gasteiger partial charge in [0.15, 0.2) is 0 Å². The number of benzene rings is 1. The molecule has 0 fully saturated rings. The van der Waals surface area contributed by atoms with Crippen molar-refractivity contribution in [2.75, 3.05) is 5.32 Å².